The van der Waals surface area contributed by atoms with E-state index in [-0.39, 0.29) is 5.97 Å². The van der Waals surface area contributed by atoms with E-state index in [4.69, 9.17) is 0 Å². The van der Waals surface area contributed by atoms with Gasteiger partial charge in [0.1, 0.15) is 16.3 Å². The highest BCUT2D eigenvalue weighted by molar-refractivity contribution is 7.21. The van der Waals surface area contributed by atoms with Crippen LogP contribution in [0.1, 0.15) is 10.5 Å². The quantitative estimate of drug-likeness (QED) is 0.719. The molecule has 4 nitrogen and oxygen atoms in total. The third-order valence-electron chi connectivity index (χ3n) is 2.61. The molecule has 0 unspecified atom stereocenters. The SMILES string of the molecule is COC(=O)c1cc2sc(-c3ccccc3)nc2[nH]1. The number of ether oxygens (including phenoxy) is 1. The van der Waals surface area contributed by atoms with Gasteiger partial charge in [0.15, 0.2) is 0 Å². The molecule has 0 amide bonds. The van der Waals surface area contributed by atoms with Gasteiger partial charge in [-0.15, -0.1) is 11.3 Å². The number of benzene rings is 1. The van der Waals surface area contributed by atoms with E-state index in [0.29, 0.717) is 5.69 Å². The average molecular weight is 258 g/mol. The Bertz CT molecular complexity index is 669. The number of hydrogen-bond acceptors (Lipinski definition) is 4. The van der Waals surface area contributed by atoms with E-state index in [2.05, 4.69) is 14.7 Å². The first-order valence-electron chi connectivity index (χ1n) is 5.41. The van der Waals surface area contributed by atoms with Gasteiger partial charge in [-0.05, 0) is 6.07 Å². The Morgan fingerprint density at radius 2 is 2.11 bits per heavy atom. The third-order valence-corrected chi connectivity index (χ3v) is 3.66. The number of thiazole rings is 1. The number of fused-ring (bicyclic) bond motifs is 1. The van der Waals surface area contributed by atoms with Gasteiger partial charge in [0.25, 0.3) is 0 Å². The summed E-state index contributed by atoms with van der Waals surface area (Å²) in [5.41, 5.74) is 2.23. The van der Waals surface area contributed by atoms with Gasteiger partial charge in [0.2, 0.25) is 0 Å². The molecule has 1 aromatic carbocycles. The summed E-state index contributed by atoms with van der Waals surface area (Å²) < 4.78 is 5.61. The standard InChI is InChI=1S/C13H10N2O2S/c1-17-13(16)9-7-10-11(14-9)15-12(18-10)8-5-3-2-4-6-8/h2-7,14H,1H3. The van der Waals surface area contributed by atoms with Gasteiger partial charge in [-0.3, -0.25) is 0 Å². The molecule has 0 fully saturated rings. The molecule has 1 N–H and O–H groups in total. The van der Waals surface area contributed by atoms with Crippen LogP contribution in [0.2, 0.25) is 0 Å². The molecule has 0 saturated heterocycles. The Hall–Kier alpha value is -2.14. The van der Waals surface area contributed by atoms with Crippen LogP contribution in [0.25, 0.3) is 20.9 Å². The van der Waals surface area contributed by atoms with Crippen molar-refractivity contribution in [1.82, 2.24) is 9.97 Å². The van der Waals surface area contributed by atoms with E-state index >= 15 is 0 Å². The molecule has 0 saturated carbocycles. The lowest BCUT2D eigenvalue weighted by Crippen LogP contribution is -2.00. The van der Waals surface area contributed by atoms with Crippen molar-refractivity contribution < 1.29 is 9.53 Å². The van der Waals surface area contributed by atoms with Crippen LogP contribution in [0.3, 0.4) is 0 Å². The fourth-order valence-electron chi connectivity index (χ4n) is 1.74. The fourth-order valence-corrected chi connectivity index (χ4v) is 2.71. The summed E-state index contributed by atoms with van der Waals surface area (Å²) >= 11 is 1.55. The molecule has 3 rings (SSSR count). The van der Waals surface area contributed by atoms with Gasteiger partial charge >= 0.3 is 5.97 Å². The minimum absolute atomic E-state index is 0.374. The molecule has 0 atom stereocenters. The molecule has 18 heavy (non-hydrogen) atoms. The zero-order chi connectivity index (χ0) is 12.5. The van der Waals surface area contributed by atoms with E-state index in [1.165, 1.54) is 7.11 Å². The van der Waals surface area contributed by atoms with Crippen LogP contribution in [0.15, 0.2) is 36.4 Å². The number of carbonyl (C=O) groups excluding carboxylic acids is 1. The van der Waals surface area contributed by atoms with Crippen LogP contribution >= 0.6 is 11.3 Å². The first-order chi connectivity index (χ1) is 8.78. The van der Waals surface area contributed by atoms with Gasteiger partial charge in [-0.1, -0.05) is 30.3 Å². The van der Waals surface area contributed by atoms with Gasteiger partial charge in [0.05, 0.1) is 11.8 Å². The molecular weight excluding hydrogens is 248 g/mol. The summed E-state index contributed by atoms with van der Waals surface area (Å²) in [4.78, 5) is 18.8. The molecule has 0 aliphatic carbocycles. The summed E-state index contributed by atoms with van der Waals surface area (Å²) in [6.07, 6.45) is 0. The Morgan fingerprint density at radius 1 is 1.33 bits per heavy atom. The number of H-pyrrole nitrogens is 1. The molecule has 0 aliphatic rings. The predicted octanol–water partition coefficient (Wildman–Crippen LogP) is 3.08. The minimum Gasteiger partial charge on any atom is -0.464 e. The maximum absolute atomic E-state index is 11.4. The molecule has 0 radical (unpaired) electrons. The minimum atomic E-state index is -0.374. The largest absolute Gasteiger partial charge is 0.464 e. The van der Waals surface area contributed by atoms with E-state index in [1.54, 1.807) is 17.4 Å². The van der Waals surface area contributed by atoms with Crippen molar-refractivity contribution in [3.8, 4) is 10.6 Å². The van der Waals surface area contributed by atoms with Crippen LogP contribution in [0, 0.1) is 0 Å². The molecule has 3 aromatic rings. The smallest absolute Gasteiger partial charge is 0.354 e. The van der Waals surface area contributed by atoms with E-state index in [0.717, 1.165) is 20.9 Å². The maximum atomic E-state index is 11.4. The molecule has 2 heterocycles. The molecule has 0 spiro atoms. The topological polar surface area (TPSA) is 55.0 Å². The fraction of sp³-hybridized carbons (Fsp3) is 0.0769. The van der Waals surface area contributed by atoms with Crippen molar-refractivity contribution in [3.05, 3.63) is 42.1 Å². The third kappa shape index (κ3) is 1.78. The van der Waals surface area contributed by atoms with Crippen LogP contribution in [-0.2, 0) is 4.74 Å². The van der Waals surface area contributed by atoms with E-state index in [1.807, 2.05) is 30.3 Å². The Labute approximate surface area is 107 Å². The highest BCUT2D eigenvalue weighted by Crippen LogP contribution is 2.30. The average Bonchev–Trinajstić information content (AvgIpc) is 2.97. The molecule has 5 heteroatoms. The number of rotatable bonds is 2. The zero-order valence-electron chi connectivity index (χ0n) is 9.64. The van der Waals surface area contributed by atoms with Crippen molar-refractivity contribution >= 4 is 27.7 Å². The lowest BCUT2D eigenvalue weighted by Gasteiger charge is -1.94. The molecule has 0 bridgehead atoms. The van der Waals surface area contributed by atoms with Crippen molar-refractivity contribution in [3.63, 3.8) is 0 Å². The van der Waals surface area contributed by atoms with E-state index < -0.39 is 0 Å². The Morgan fingerprint density at radius 3 is 2.78 bits per heavy atom. The highest BCUT2D eigenvalue weighted by atomic mass is 32.1. The van der Waals surface area contributed by atoms with Gasteiger partial charge in [-0.2, -0.15) is 0 Å². The predicted molar refractivity (Wildman–Crippen MR) is 70.7 cm³/mol. The van der Waals surface area contributed by atoms with Crippen molar-refractivity contribution in [2.75, 3.05) is 7.11 Å². The molecule has 90 valence electrons. The van der Waals surface area contributed by atoms with Crippen molar-refractivity contribution in [2.24, 2.45) is 0 Å². The van der Waals surface area contributed by atoms with Crippen LogP contribution in [-0.4, -0.2) is 23.0 Å². The number of methoxy groups -OCH3 is 1. The van der Waals surface area contributed by atoms with Crippen molar-refractivity contribution in [1.29, 1.82) is 0 Å². The Kier molecular flexibility index (Phi) is 2.60. The highest BCUT2D eigenvalue weighted by Gasteiger charge is 2.13. The monoisotopic (exact) mass is 258 g/mol. The first kappa shape index (κ1) is 11.0. The number of nitrogens with zero attached hydrogens (tertiary/aromatic N) is 1. The summed E-state index contributed by atoms with van der Waals surface area (Å²) in [6, 6.07) is 11.7. The second-order valence-corrected chi connectivity index (χ2v) is 4.80. The lowest BCUT2D eigenvalue weighted by molar-refractivity contribution is 0.0595. The van der Waals surface area contributed by atoms with Gasteiger partial charge < -0.3 is 9.72 Å². The second kappa shape index (κ2) is 4.27. The number of nitrogens with one attached hydrogen (secondary N) is 1. The number of carbonyl (C=O) groups is 1. The van der Waals surface area contributed by atoms with Crippen LogP contribution in [0.4, 0.5) is 0 Å². The summed E-state index contributed by atoms with van der Waals surface area (Å²) in [5.74, 6) is -0.374. The lowest BCUT2D eigenvalue weighted by atomic mass is 10.2. The van der Waals surface area contributed by atoms with Gasteiger partial charge in [0, 0.05) is 5.56 Å². The normalized spacial score (nSPS) is 10.7. The molecular formula is C13H10N2O2S. The summed E-state index contributed by atoms with van der Waals surface area (Å²) in [5, 5.41) is 0.938. The number of esters is 1. The maximum Gasteiger partial charge on any atom is 0.354 e. The van der Waals surface area contributed by atoms with Gasteiger partial charge in [-0.25, -0.2) is 9.78 Å². The molecule has 0 aliphatic heterocycles. The van der Waals surface area contributed by atoms with Crippen molar-refractivity contribution in [2.45, 2.75) is 0 Å². The van der Waals surface area contributed by atoms with Crippen LogP contribution < -0.4 is 0 Å². The Balaban J connectivity index is 2.04. The van der Waals surface area contributed by atoms with Crippen LogP contribution in [0.5, 0.6) is 0 Å². The number of hydrogen-bond donors (Lipinski definition) is 1. The van der Waals surface area contributed by atoms with E-state index in [9.17, 15) is 4.79 Å². The number of aromatic nitrogens is 2. The summed E-state index contributed by atoms with van der Waals surface area (Å²) in [7, 11) is 1.36. The first-order valence-corrected chi connectivity index (χ1v) is 6.23. The zero-order valence-corrected chi connectivity index (χ0v) is 10.5. The summed E-state index contributed by atoms with van der Waals surface area (Å²) in [6.45, 7) is 0. The number of aromatic amines is 1. The second-order valence-electron chi connectivity index (χ2n) is 3.77. The molecule has 2 aromatic heterocycles.